The van der Waals surface area contributed by atoms with E-state index in [0.717, 1.165) is 43.0 Å². The molecule has 2 N–H and O–H groups in total. The lowest BCUT2D eigenvalue weighted by atomic mass is 10.2. The Morgan fingerprint density at radius 2 is 2.11 bits per heavy atom. The van der Waals surface area contributed by atoms with E-state index in [2.05, 4.69) is 27.1 Å². The fourth-order valence-corrected chi connectivity index (χ4v) is 2.67. The number of hydrogen-bond donors (Lipinski definition) is 2. The molecule has 1 unspecified atom stereocenters. The van der Waals surface area contributed by atoms with Crippen LogP contribution in [0.5, 0.6) is 0 Å². The van der Waals surface area contributed by atoms with Crippen molar-refractivity contribution in [3.05, 3.63) is 29.0 Å². The topological polar surface area (TPSA) is 44.0 Å². The Morgan fingerprint density at radius 1 is 1.33 bits per heavy atom. The van der Waals surface area contributed by atoms with Crippen LogP contribution in [0.1, 0.15) is 18.8 Å². The van der Waals surface area contributed by atoms with Crippen molar-refractivity contribution >= 4 is 22.6 Å². The van der Waals surface area contributed by atoms with Crippen LogP contribution in [0, 0.1) is 0 Å². The van der Waals surface area contributed by atoms with Crippen molar-refractivity contribution in [1.29, 1.82) is 0 Å². The van der Waals surface area contributed by atoms with Gasteiger partial charge in [0.2, 0.25) is 0 Å². The van der Waals surface area contributed by atoms with Gasteiger partial charge in [-0.1, -0.05) is 17.7 Å². The molecule has 0 bridgehead atoms. The second-order valence-electron chi connectivity index (χ2n) is 4.72. The fourth-order valence-electron chi connectivity index (χ4n) is 2.46. The van der Waals surface area contributed by atoms with Crippen molar-refractivity contribution in [2.75, 3.05) is 26.2 Å². The molecule has 0 radical (unpaired) electrons. The molecule has 1 aliphatic heterocycles. The highest BCUT2D eigenvalue weighted by molar-refractivity contribution is 6.34. The van der Waals surface area contributed by atoms with Crippen LogP contribution in [0.2, 0.25) is 5.02 Å². The molecule has 1 aromatic carbocycles. The largest absolute Gasteiger partial charge is 0.341 e. The van der Waals surface area contributed by atoms with E-state index in [0.29, 0.717) is 11.1 Å². The Morgan fingerprint density at radius 3 is 2.83 bits per heavy atom. The van der Waals surface area contributed by atoms with Crippen LogP contribution in [0.15, 0.2) is 18.2 Å². The molecule has 5 heteroatoms. The zero-order chi connectivity index (χ0) is 12.5. The van der Waals surface area contributed by atoms with E-state index < -0.39 is 0 Å². The number of hydrogen-bond acceptors (Lipinski definition) is 3. The van der Waals surface area contributed by atoms with Crippen molar-refractivity contribution < 1.29 is 0 Å². The SMILES string of the molecule is CC(c1nc2c(Cl)cccc2[nH]1)N1CCNCC1. The maximum absolute atomic E-state index is 6.15. The number of aromatic nitrogens is 2. The summed E-state index contributed by atoms with van der Waals surface area (Å²) in [7, 11) is 0. The molecule has 18 heavy (non-hydrogen) atoms. The first-order valence-corrected chi connectivity index (χ1v) is 6.72. The predicted octanol–water partition coefficient (Wildman–Crippen LogP) is 2.18. The third-order valence-electron chi connectivity index (χ3n) is 3.58. The quantitative estimate of drug-likeness (QED) is 0.874. The molecule has 96 valence electrons. The third kappa shape index (κ3) is 2.11. The number of para-hydroxylation sites is 1. The summed E-state index contributed by atoms with van der Waals surface area (Å²) in [4.78, 5) is 10.4. The van der Waals surface area contributed by atoms with Gasteiger partial charge in [0.05, 0.1) is 16.6 Å². The van der Waals surface area contributed by atoms with E-state index >= 15 is 0 Å². The predicted molar refractivity (Wildman–Crippen MR) is 74.0 cm³/mol. The van der Waals surface area contributed by atoms with Crippen LogP contribution in [0.4, 0.5) is 0 Å². The van der Waals surface area contributed by atoms with Crippen molar-refractivity contribution in [2.24, 2.45) is 0 Å². The third-order valence-corrected chi connectivity index (χ3v) is 3.88. The molecular formula is C13H17ClN4. The molecule has 3 rings (SSSR count). The first-order chi connectivity index (χ1) is 8.75. The summed E-state index contributed by atoms with van der Waals surface area (Å²) in [6.45, 7) is 6.41. The zero-order valence-electron chi connectivity index (χ0n) is 10.4. The lowest BCUT2D eigenvalue weighted by Gasteiger charge is -2.31. The van der Waals surface area contributed by atoms with Crippen LogP contribution in [-0.2, 0) is 0 Å². The Hall–Kier alpha value is -1.10. The van der Waals surface area contributed by atoms with Gasteiger partial charge < -0.3 is 10.3 Å². The first kappa shape index (κ1) is 12.0. The molecule has 2 aromatic rings. The normalized spacial score (nSPS) is 19.2. The van der Waals surface area contributed by atoms with Gasteiger partial charge in [-0.25, -0.2) is 4.98 Å². The monoisotopic (exact) mass is 264 g/mol. The van der Waals surface area contributed by atoms with Gasteiger partial charge in [-0.2, -0.15) is 0 Å². The van der Waals surface area contributed by atoms with Gasteiger partial charge in [-0.05, 0) is 19.1 Å². The summed E-state index contributed by atoms with van der Waals surface area (Å²) in [6.07, 6.45) is 0. The van der Waals surface area contributed by atoms with Crippen molar-refractivity contribution in [1.82, 2.24) is 20.2 Å². The summed E-state index contributed by atoms with van der Waals surface area (Å²) in [5.74, 6) is 1.00. The van der Waals surface area contributed by atoms with E-state index in [1.165, 1.54) is 0 Å². The average Bonchev–Trinajstić information content (AvgIpc) is 2.84. The molecule has 4 nitrogen and oxygen atoms in total. The molecule has 2 heterocycles. The molecule has 1 saturated heterocycles. The van der Waals surface area contributed by atoms with Gasteiger partial charge >= 0.3 is 0 Å². The van der Waals surface area contributed by atoms with Gasteiger partial charge in [-0.15, -0.1) is 0 Å². The maximum Gasteiger partial charge on any atom is 0.124 e. The number of rotatable bonds is 2. The number of aromatic amines is 1. The molecular weight excluding hydrogens is 248 g/mol. The van der Waals surface area contributed by atoms with Crippen molar-refractivity contribution in [3.8, 4) is 0 Å². The first-order valence-electron chi connectivity index (χ1n) is 6.34. The van der Waals surface area contributed by atoms with Crippen LogP contribution in [0.3, 0.4) is 0 Å². The number of imidazole rings is 1. The number of benzene rings is 1. The Bertz CT molecular complexity index is 545. The molecule has 0 spiro atoms. The zero-order valence-corrected chi connectivity index (χ0v) is 11.2. The minimum absolute atomic E-state index is 0.301. The highest BCUT2D eigenvalue weighted by Crippen LogP contribution is 2.25. The Balaban J connectivity index is 1.91. The minimum Gasteiger partial charge on any atom is -0.341 e. The lowest BCUT2D eigenvalue weighted by molar-refractivity contribution is 0.180. The molecule has 1 aromatic heterocycles. The van der Waals surface area contributed by atoms with Crippen LogP contribution in [-0.4, -0.2) is 41.0 Å². The Kier molecular flexibility index (Phi) is 3.24. The van der Waals surface area contributed by atoms with Crippen molar-refractivity contribution in [2.45, 2.75) is 13.0 Å². The van der Waals surface area contributed by atoms with Crippen LogP contribution in [0.25, 0.3) is 11.0 Å². The van der Waals surface area contributed by atoms with E-state index in [-0.39, 0.29) is 0 Å². The highest BCUT2D eigenvalue weighted by atomic mass is 35.5. The molecule has 0 aliphatic carbocycles. The molecule has 1 fully saturated rings. The molecule has 0 saturated carbocycles. The Labute approximate surface area is 111 Å². The summed E-state index contributed by atoms with van der Waals surface area (Å²) < 4.78 is 0. The number of H-pyrrole nitrogens is 1. The van der Waals surface area contributed by atoms with Gasteiger partial charge in [0.1, 0.15) is 11.3 Å². The summed E-state index contributed by atoms with van der Waals surface area (Å²) in [6, 6.07) is 6.14. The summed E-state index contributed by atoms with van der Waals surface area (Å²) in [5.41, 5.74) is 1.88. The smallest absolute Gasteiger partial charge is 0.124 e. The van der Waals surface area contributed by atoms with Crippen LogP contribution >= 0.6 is 11.6 Å². The number of halogens is 1. The fraction of sp³-hybridized carbons (Fsp3) is 0.462. The molecule has 1 aliphatic rings. The highest BCUT2D eigenvalue weighted by Gasteiger charge is 2.20. The lowest BCUT2D eigenvalue weighted by Crippen LogP contribution is -2.44. The van der Waals surface area contributed by atoms with Gasteiger partial charge in [-0.3, -0.25) is 4.90 Å². The van der Waals surface area contributed by atoms with E-state index in [4.69, 9.17) is 11.6 Å². The molecule has 0 amide bonds. The number of piperazine rings is 1. The summed E-state index contributed by atoms with van der Waals surface area (Å²) in [5, 5.41) is 4.07. The van der Waals surface area contributed by atoms with Gasteiger partial charge in [0.15, 0.2) is 0 Å². The minimum atomic E-state index is 0.301. The maximum atomic E-state index is 6.15. The van der Waals surface area contributed by atoms with E-state index in [1.54, 1.807) is 0 Å². The van der Waals surface area contributed by atoms with Gasteiger partial charge in [0, 0.05) is 26.2 Å². The van der Waals surface area contributed by atoms with Gasteiger partial charge in [0.25, 0.3) is 0 Å². The van der Waals surface area contributed by atoms with Crippen LogP contribution < -0.4 is 5.32 Å². The number of nitrogens with one attached hydrogen (secondary N) is 2. The van der Waals surface area contributed by atoms with E-state index in [1.807, 2.05) is 18.2 Å². The average molecular weight is 265 g/mol. The summed E-state index contributed by atoms with van der Waals surface area (Å²) >= 11 is 6.15. The van der Waals surface area contributed by atoms with Crippen molar-refractivity contribution in [3.63, 3.8) is 0 Å². The van der Waals surface area contributed by atoms with E-state index in [9.17, 15) is 0 Å². The standard InChI is InChI=1S/C13H17ClN4/c1-9(18-7-5-15-6-8-18)13-16-11-4-2-3-10(14)12(11)17-13/h2-4,9,15H,5-8H2,1H3,(H,16,17). The second kappa shape index (κ2) is 4.88. The number of nitrogens with zero attached hydrogens (tertiary/aromatic N) is 2. The molecule has 1 atom stereocenters. The second-order valence-corrected chi connectivity index (χ2v) is 5.13. The number of fused-ring (bicyclic) bond motifs is 1.